The molecule has 0 unspecified atom stereocenters. The predicted octanol–water partition coefficient (Wildman–Crippen LogP) is 4.22. The SMILES string of the molecule is O=C(Nc1ccc(F)c(-n2cc3cc(Br)ccc3n2)c1)[C@H]1C[C@@H]1F. The Hall–Kier alpha value is -2.28. The van der Waals surface area contributed by atoms with Gasteiger partial charge in [-0.25, -0.2) is 13.5 Å². The highest BCUT2D eigenvalue weighted by atomic mass is 79.9. The molecule has 1 aromatic heterocycles. The smallest absolute Gasteiger partial charge is 0.230 e. The Labute approximate surface area is 144 Å². The molecule has 1 amide bonds. The summed E-state index contributed by atoms with van der Waals surface area (Å²) in [4.78, 5) is 11.8. The van der Waals surface area contributed by atoms with Crippen molar-refractivity contribution in [3.8, 4) is 5.69 Å². The number of fused-ring (bicyclic) bond motifs is 1. The van der Waals surface area contributed by atoms with Crippen LogP contribution in [0.3, 0.4) is 0 Å². The van der Waals surface area contributed by atoms with Crippen molar-refractivity contribution in [3.05, 3.63) is 52.9 Å². The lowest BCUT2D eigenvalue weighted by Gasteiger charge is -2.08. The summed E-state index contributed by atoms with van der Waals surface area (Å²) in [5.74, 6) is -1.44. The fourth-order valence-electron chi connectivity index (χ4n) is 2.56. The maximum absolute atomic E-state index is 14.2. The minimum absolute atomic E-state index is 0.215. The summed E-state index contributed by atoms with van der Waals surface area (Å²) in [7, 11) is 0. The zero-order valence-electron chi connectivity index (χ0n) is 12.3. The largest absolute Gasteiger partial charge is 0.326 e. The number of hydrogen-bond donors (Lipinski definition) is 1. The molecule has 1 saturated carbocycles. The fourth-order valence-corrected chi connectivity index (χ4v) is 2.93. The van der Waals surface area contributed by atoms with E-state index in [1.807, 2.05) is 18.2 Å². The average Bonchev–Trinajstić information content (AvgIpc) is 3.14. The molecule has 2 atom stereocenters. The Morgan fingerprint density at radius 1 is 1.29 bits per heavy atom. The molecule has 1 aliphatic carbocycles. The lowest BCUT2D eigenvalue weighted by atomic mass is 10.2. The van der Waals surface area contributed by atoms with Crippen LogP contribution >= 0.6 is 15.9 Å². The molecule has 24 heavy (non-hydrogen) atoms. The normalized spacial score (nSPS) is 19.5. The molecule has 1 aliphatic rings. The van der Waals surface area contributed by atoms with Gasteiger partial charge in [0.05, 0.1) is 11.4 Å². The second-order valence-corrected chi connectivity index (χ2v) is 6.71. The molecule has 0 radical (unpaired) electrons. The van der Waals surface area contributed by atoms with Crippen molar-refractivity contribution < 1.29 is 13.6 Å². The maximum Gasteiger partial charge on any atom is 0.230 e. The first-order valence-electron chi connectivity index (χ1n) is 7.41. The molecule has 122 valence electrons. The number of alkyl halides is 1. The number of benzene rings is 2. The number of anilines is 1. The quantitative estimate of drug-likeness (QED) is 0.726. The number of amides is 1. The van der Waals surface area contributed by atoms with Gasteiger partial charge in [-0.15, -0.1) is 0 Å². The predicted molar refractivity (Wildman–Crippen MR) is 90.4 cm³/mol. The highest BCUT2D eigenvalue weighted by molar-refractivity contribution is 9.10. The van der Waals surface area contributed by atoms with E-state index >= 15 is 0 Å². The summed E-state index contributed by atoms with van der Waals surface area (Å²) in [5, 5.41) is 7.83. The lowest BCUT2D eigenvalue weighted by molar-refractivity contribution is -0.117. The Morgan fingerprint density at radius 2 is 2.08 bits per heavy atom. The van der Waals surface area contributed by atoms with Crippen LogP contribution in [0.4, 0.5) is 14.5 Å². The van der Waals surface area contributed by atoms with Crippen LogP contribution in [0, 0.1) is 11.7 Å². The van der Waals surface area contributed by atoms with E-state index in [9.17, 15) is 13.6 Å². The first-order valence-corrected chi connectivity index (χ1v) is 8.20. The van der Waals surface area contributed by atoms with Gasteiger partial charge >= 0.3 is 0 Å². The number of aromatic nitrogens is 2. The van der Waals surface area contributed by atoms with Crippen LogP contribution in [0.1, 0.15) is 6.42 Å². The zero-order chi connectivity index (χ0) is 16.8. The van der Waals surface area contributed by atoms with Crippen LogP contribution in [0.5, 0.6) is 0 Å². The summed E-state index contributed by atoms with van der Waals surface area (Å²) < 4.78 is 29.5. The molecule has 1 N–H and O–H groups in total. The van der Waals surface area contributed by atoms with Gasteiger partial charge in [0, 0.05) is 21.7 Å². The first kappa shape index (κ1) is 15.3. The number of halogens is 3. The van der Waals surface area contributed by atoms with Crippen LogP contribution in [0.2, 0.25) is 0 Å². The molecule has 1 fully saturated rings. The lowest BCUT2D eigenvalue weighted by Crippen LogP contribution is -2.15. The minimum Gasteiger partial charge on any atom is -0.326 e. The van der Waals surface area contributed by atoms with E-state index in [0.717, 1.165) is 15.4 Å². The highest BCUT2D eigenvalue weighted by Crippen LogP contribution is 2.35. The van der Waals surface area contributed by atoms with E-state index in [1.165, 1.54) is 22.9 Å². The Balaban J connectivity index is 1.68. The summed E-state index contributed by atoms with van der Waals surface area (Å²) in [6.07, 6.45) is 0.891. The van der Waals surface area contributed by atoms with Crippen molar-refractivity contribution in [2.75, 3.05) is 5.32 Å². The highest BCUT2D eigenvalue weighted by Gasteiger charge is 2.43. The van der Waals surface area contributed by atoms with Crippen molar-refractivity contribution in [2.45, 2.75) is 12.6 Å². The van der Waals surface area contributed by atoms with E-state index in [0.29, 0.717) is 5.69 Å². The van der Waals surface area contributed by atoms with E-state index in [-0.39, 0.29) is 18.0 Å². The van der Waals surface area contributed by atoms with Crippen LogP contribution in [0.25, 0.3) is 16.6 Å². The molecule has 4 rings (SSSR count). The molecular formula is C17H12BrF2N3O. The number of carbonyl (C=O) groups excluding carboxylic acids is 1. The van der Waals surface area contributed by atoms with Gasteiger partial charge in [-0.05, 0) is 42.8 Å². The monoisotopic (exact) mass is 391 g/mol. The second kappa shape index (κ2) is 5.66. The second-order valence-electron chi connectivity index (χ2n) is 5.79. The van der Waals surface area contributed by atoms with Crippen molar-refractivity contribution in [2.24, 2.45) is 5.92 Å². The fraction of sp³-hybridized carbons (Fsp3) is 0.176. The third-order valence-electron chi connectivity index (χ3n) is 3.98. The summed E-state index contributed by atoms with van der Waals surface area (Å²) >= 11 is 3.39. The maximum atomic E-state index is 14.2. The zero-order valence-corrected chi connectivity index (χ0v) is 13.9. The van der Waals surface area contributed by atoms with Gasteiger partial charge in [-0.2, -0.15) is 5.10 Å². The number of hydrogen-bond acceptors (Lipinski definition) is 2. The number of nitrogens with zero attached hydrogens (tertiary/aromatic N) is 2. The first-order chi connectivity index (χ1) is 11.5. The molecule has 0 saturated heterocycles. The molecule has 1 heterocycles. The van der Waals surface area contributed by atoms with Gasteiger partial charge in [0.25, 0.3) is 0 Å². The molecule has 0 aliphatic heterocycles. The van der Waals surface area contributed by atoms with Gasteiger partial charge in [-0.3, -0.25) is 4.79 Å². The van der Waals surface area contributed by atoms with Crippen LogP contribution in [0.15, 0.2) is 47.1 Å². The van der Waals surface area contributed by atoms with Gasteiger partial charge in [-0.1, -0.05) is 15.9 Å². The molecule has 2 aromatic carbocycles. The minimum atomic E-state index is -1.07. The molecule has 4 nitrogen and oxygen atoms in total. The van der Waals surface area contributed by atoms with Gasteiger partial charge in [0.15, 0.2) is 0 Å². The Morgan fingerprint density at radius 3 is 2.83 bits per heavy atom. The standard InChI is InChI=1S/C17H12BrF2N3O/c18-10-1-4-15-9(5-10)8-23(22-15)16-6-11(2-3-13(16)19)21-17(24)12-7-14(12)20/h1-6,8,12,14H,7H2,(H,21,24)/t12-,14-/m0/s1. The van der Waals surface area contributed by atoms with E-state index in [4.69, 9.17) is 0 Å². The third kappa shape index (κ3) is 2.80. The number of nitrogens with one attached hydrogen (secondary N) is 1. The Kier molecular flexibility index (Phi) is 3.60. The van der Waals surface area contributed by atoms with Crippen molar-refractivity contribution >= 4 is 38.4 Å². The average molecular weight is 392 g/mol. The molecule has 7 heteroatoms. The van der Waals surface area contributed by atoms with Gasteiger partial charge < -0.3 is 5.32 Å². The van der Waals surface area contributed by atoms with Crippen LogP contribution < -0.4 is 5.32 Å². The number of carbonyl (C=O) groups is 1. The number of rotatable bonds is 3. The Bertz CT molecular complexity index is 956. The molecule has 0 spiro atoms. The summed E-state index contributed by atoms with van der Waals surface area (Å²) in [6, 6.07) is 9.77. The van der Waals surface area contributed by atoms with E-state index < -0.39 is 17.9 Å². The van der Waals surface area contributed by atoms with Crippen molar-refractivity contribution in [1.82, 2.24) is 9.78 Å². The van der Waals surface area contributed by atoms with Gasteiger partial charge in [0.1, 0.15) is 17.7 Å². The van der Waals surface area contributed by atoms with E-state index in [1.54, 1.807) is 6.20 Å². The van der Waals surface area contributed by atoms with E-state index in [2.05, 4.69) is 26.3 Å². The van der Waals surface area contributed by atoms with Crippen LogP contribution in [-0.2, 0) is 4.79 Å². The molecular weight excluding hydrogens is 380 g/mol. The molecule has 3 aromatic rings. The molecule has 0 bridgehead atoms. The summed E-state index contributed by atoms with van der Waals surface area (Å²) in [6.45, 7) is 0. The van der Waals surface area contributed by atoms with Gasteiger partial charge in [0.2, 0.25) is 5.91 Å². The third-order valence-corrected chi connectivity index (χ3v) is 4.47. The van der Waals surface area contributed by atoms with Crippen LogP contribution in [-0.4, -0.2) is 21.9 Å². The summed E-state index contributed by atoms with van der Waals surface area (Å²) in [5.41, 5.74) is 1.36. The van der Waals surface area contributed by atoms with Crippen molar-refractivity contribution in [1.29, 1.82) is 0 Å². The van der Waals surface area contributed by atoms with Crippen molar-refractivity contribution in [3.63, 3.8) is 0 Å². The topological polar surface area (TPSA) is 46.9 Å².